The summed E-state index contributed by atoms with van der Waals surface area (Å²) < 4.78 is 26.9. The van der Waals surface area contributed by atoms with Crippen LogP contribution in [0.5, 0.6) is 0 Å². The zero-order chi connectivity index (χ0) is 16.3. The van der Waals surface area contributed by atoms with Gasteiger partial charge in [-0.1, -0.05) is 12.1 Å². The predicted octanol–water partition coefficient (Wildman–Crippen LogP) is 2.18. The van der Waals surface area contributed by atoms with Gasteiger partial charge in [-0.15, -0.1) is 11.3 Å². The second-order valence-corrected chi connectivity index (χ2v) is 8.45. The molecule has 122 valence electrons. The second kappa shape index (κ2) is 6.77. The summed E-state index contributed by atoms with van der Waals surface area (Å²) in [6, 6.07) is 8.58. The predicted molar refractivity (Wildman–Crippen MR) is 88.7 cm³/mol. The van der Waals surface area contributed by atoms with Crippen LogP contribution in [0.2, 0.25) is 0 Å². The van der Waals surface area contributed by atoms with E-state index in [1.54, 1.807) is 41.9 Å². The van der Waals surface area contributed by atoms with Crippen LogP contribution in [0.4, 0.5) is 5.82 Å². The number of sulfonamides is 1. The van der Waals surface area contributed by atoms with Crippen molar-refractivity contribution in [2.24, 2.45) is 5.92 Å². The highest BCUT2D eigenvalue weighted by atomic mass is 32.2. The highest BCUT2D eigenvalue weighted by molar-refractivity contribution is 7.91. The smallest absolute Gasteiger partial charge is 0.252 e. The van der Waals surface area contributed by atoms with Gasteiger partial charge in [-0.05, 0) is 36.4 Å². The largest absolute Gasteiger partial charge is 0.310 e. The summed E-state index contributed by atoms with van der Waals surface area (Å²) in [5.74, 6) is -0.0639. The standard InChI is InChI=1S/C15H17N3O3S2/c19-15(17-13-6-1-2-8-16-13)12-5-3-9-18(11-12)23(20,21)14-7-4-10-22-14/h1-2,4,6-8,10,12H,3,5,9,11H2,(H,16,17,19). The Balaban J connectivity index is 1.70. The fourth-order valence-corrected chi connectivity index (χ4v) is 5.25. The van der Waals surface area contributed by atoms with Crippen LogP contribution in [-0.4, -0.2) is 36.7 Å². The van der Waals surface area contributed by atoms with Gasteiger partial charge < -0.3 is 5.32 Å². The fraction of sp³-hybridized carbons (Fsp3) is 0.333. The summed E-state index contributed by atoms with van der Waals surface area (Å²) in [4.78, 5) is 16.4. The van der Waals surface area contributed by atoms with E-state index >= 15 is 0 Å². The van der Waals surface area contributed by atoms with Crippen molar-refractivity contribution in [3.8, 4) is 0 Å². The zero-order valence-electron chi connectivity index (χ0n) is 12.4. The SMILES string of the molecule is O=C(Nc1ccccn1)C1CCCN(S(=O)(=O)c2cccs2)C1. The first-order valence-corrected chi connectivity index (χ1v) is 9.65. The van der Waals surface area contributed by atoms with Gasteiger partial charge in [0.1, 0.15) is 10.0 Å². The average molecular weight is 351 g/mol. The summed E-state index contributed by atoms with van der Waals surface area (Å²) in [6.45, 7) is 0.659. The third-order valence-corrected chi connectivity index (χ3v) is 7.00. The van der Waals surface area contributed by atoms with E-state index in [-0.39, 0.29) is 18.4 Å². The van der Waals surface area contributed by atoms with Crippen LogP contribution < -0.4 is 5.32 Å². The highest BCUT2D eigenvalue weighted by Crippen LogP contribution is 2.26. The van der Waals surface area contributed by atoms with Crippen molar-refractivity contribution in [2.75, 3.05) is 18.4 Å². The molecule has 1 aliphatic rings. The Morgan fingerprint density at radius 3 is 2.87 bits per heavy atom. The molecular weight excluding hydrogens is 334 g/mol. The van der Waals surface area contributed by atoms with E-state index in [0.29, 0.717) is 29.4 Å². The Kier molecular flexibility index (Phi) is 4.74. The van der Waals surface area contributed by atoms with Crippen molar-refractivity contribution in [1.29, 1.82) is 0 Å². The van der Waals surface area contributed by atoms with Crippen LogP contribution in [0.1, 0.15) is 12.8 Å². The van der Waals surface area contributed by atoms with Gasteiger partial charge >= 0.3 is 0 Å². The molecule has 0 spiro atoms. The number of aromatic nitrogens is 1. The van der Waals surface area contributed by atoms with E-state index < -0.39 is 10.0 Å². The number of pyridine rings is 1. The van der Waals surface area contributed by atoms with Gasteiger partial charge in [0.2, 0.25) is 5.91 Å². The van der Waals surface area contributed by atoms with Gasteiger partial charge in [0.05, 0.1) is 5.92 Å². The zero-order valence-corrected chi connectivity index (χ0v) is 14.0. The first-order chi connectivity index (χ1) is 11.1. The molecule has 1 aliphatic heterocycles. The molecule has 3 rings (SSSR count). The summed E-state index contributed by atoms with van der Waals surface area (Å²) in [5.41, 5.74) is 0. The molecule has 6 nitrogen and oxygen atoms in total. The van der Waals surface area contributed by atoms with Crippen LogP contribution in [0.3, 0.4) is 0 Å². The minimum atomic E-state index is -3.50. The Hall–Kier alpha value is -1.77. The molecule has 2 aromatic heterocycles. The molecule has 1 unspecified atom stereocenters. The van der Waals surface area contributed by atoms with Gasteiger partial charge in [-0.2, -0.15) is 4.31 Å². The van der Waals surface area contributed by atoms with E-state index in [4.69, 9.17) is 0 Å². The van der Waals surface area contributed by atoms with Gasteiger partial charge in [0, 0.05) is 19.3 Å². The van der Waals surface area contributed by atoms with Crippen LogP contribution in [0.25, 0.3) is 0 Å². The number of carbonyl (C=O) groups is 1. The number of thiophene rings is 1. The molecule has 1 N–H and O–H groups in total. The molecule has 23 heavy (non-hydrogen) atoms. The maximum absolute atomic E-state index is 12.6. The van der Waals surface area contributed by atoms with Crippen molar-refractivity contribution in [3.63, 3.8) is 0 Å². The van der Waals surface area contributed by atoms with Gasteiger partial charge in [0.15, 0.2) is 0 Å². The molecule has 1 amide bonds. The number of carbonyl (C=O) groups excluding carboxylic acids is 1. The second-order valence-electron chi connectivity index (χ2n) is 5.34. The maximum Gasteiger partial charge on any atom is 0.252 e. The summed E-state index contributed by atoms with van der Waals surface area (Å²) in [7, 11) is -3.50. The van der Waals surface area contributed by atoms with E-state index in [0.717, 1.165) is 0 Å². The normalized spacial score (nSPS) is 19.4. The van der Waals surface area contributed by atoms with Gasteiger partial charge in [-0.3, -0.25) is 4.79 Å². The van der Waals surface area contributed by atoms with E-state index in [1.165, 1.54) is 15.6 Å². The molecule has 0 aliphatic carbocycles. The third kappa shape index (κ3) is 3.60. The number of nitrogens with one attached hydrogen (secondary N) is 1. The first-order valence-electron chi connectivity index (χ1n) is 7.33. The number of nitrogens with zero attached hydrogens (tertiary/aromatic N) is 2. The van der Waals surface area contributed by atoms with Gasteiger partial charge in [-0.25, -0.2) is 13.4 Å². The van der Waals surface area contributed by atoms with Crippen molar-refractivity contribution >= 4 is 33.1 Å². The van der Waals surface area contributed by atoms with Crippen LogP contribution in [-0.2, 0) is 14.8 Å². The number of anilines is 1. The Morgan fingerprint density at radius 2 is 2.17 bits per heavy atom. The Morgan fingerprint density at radius 1 is 1.30 bits per heavy atom. The van der Waals surface area contributed by atoms with Crippen molar-refractivity contribution < 1.29 is 13.2 Å². The van der Waals surface area contributed by atoms with Crippen molar-refractivity contribution in [1.82, 2.24) is 9.29 Å². The number of piperidine rings is 1. The minimum absolute atomic E-state index is 0.185. The average Bonchev–Trinajstić information content (AvgIpc) is 3.11. The molecule has 3 heterocycles. The van der Waals surface area contributed by atoms with Crippen LogP contribution >= 0.6 is 11.3 Å². The maximum atomic E-state index is 12.6. The molecule has 1 fully saturated rings. The molecule has 1 saturated heterocycles. The lowest BCUT2D eigenvalue weighted by atomic mass is 9.99. The molecule has 0 saturated carbocycles. The van der Waals surface area contributed by atoms with Crippen LogP contribution in [0.15, 0.2) is 46.1 Å². The molecule has 1 atom stereocenters. The van der Waals surface area contributed by atoms with E-state index in [2.05, 4.69) is 10.3 Å². The Bertz CT molecular complexity index is 761. The first kappa shape index (κ1) is 16.1. The number of hydrogen-bond donors (Lipinski definition) is 1. The number of hydrogen-bond acceptors (Lipinski definition) is 5. The van der Waals surface area contributed by atoms with Crippen LogP contribution in [0, 0.1) is 5.92 Å². The monoisotopic (exact) mass is 351 g/mol. The molecule has 0 aromatic carbocycles. The van der Waals surface area contributed by atoms with Gasteiger partial charge in [0.25, 0.3) is 10.0 Å². The molecule has 0 bridgehead atoms. The highest BCUT2D eigenvalue weighted by Gasteiger charge is 2.33. The number of amides is 1. The third-order valence-electron chi connectivity index (χ3n) is 3.76. The van der Waals surface area contributed by atoms with Crippen molar-refractivity contribution in [2.45, 2.75) is 17.1 Å². The minimum Gasteiger partial charge on any atom is -0.310 e. The molecule has 8 heteroatoms. The molecule has 2 aromatic rings. The van der Waals surface area contributed by atoms with E-state index in [9.17, 15) is 13.2 Å². The number of rotatable bonds is 4. The summed E-state index contributed by atoms with van der Waals surface area (Å²) >= 11 is 1.20. The van der Waals surface area contributed by atoms with E-state index in [1.807, 2.05) is 0 Å². The lowest BCUT2D eigenvalue weighted by molar-refractivity contribution is -0.120. The molecular formula is C15H17N3O3S2. The fourth-order valence-electron chi connectivity index (χ4n) is 2.58. The Labute approximate surface area is 139 Å². The van der Waals surface area contributed by atoms with Crippen molar-refractivity contribution in [3.05, 3.63) is 41.9 Å². The lowest BCUT2D eigenvalue weighted by Gasteiger charge is -2.30. The topological polar surface area (TPSA) is 79.4 Å². The summed E-state index contributed by atoms with van der Waals surface area (Å²) in [6.07, 6.45) is 2.95. The molecule has 0 radical (unpaired) electrons. The quantitative estimate of drug-likeness (QED) is 0.916. The lowest BCUT2D eigenvalue weighted by Crippen LogP contribution is -2.43. The summed E-state index contributed by atoms with van der Waals surface area (Å²) in [5, 5.41) is 4.49.